The van der Waals surface area contributed by atoms with E-state index in [2.05, 4.69) is 6.07 Å². The molecule has 1 aromatic carbocycles. The molecule has 0 saturated heterocycles. The number of benzene rings is 1. The van der Waals surface area contributed by atoms with Crippen LogP contribution in [0.1, 0.15) is 37.7 Å². The SMILES string of the molecule is CN(C(=O)Cc1ccccc1[N+](=O)[O-])C1(C#N)CCCCC1. The van der Waals surface area contributed by atoms with Crippen LogP contribution in [0.15, 0.2) is 24.3 Å². The second-order valence-electron chi connectivity index (χ2n) is 5.72. The van der Waals surface area contributed by atoms with Crippen LogP contribution in [0, 0.1) is 21.4 Å². The van der Waals surface area contributed by atoms with Gasteiger partial charge in [0.25, 0.3) is 5.69 Å². The summed E-state index contributed by atoms with van der Waals surface area (Å²) in [5.41, 5.74) is -0.439. The average Bonchev–Trinajstić information content (AvgIpc) is 2.55. The lowest BCUT2D eigenvalue weighted by atomic mass is 9.81. The molecule has 22 heavy (non-hydrogen) atoms. The highest BCUT2D eigenvalue weighted by Gasteiger charge is 2.39. The molecule has 0 bridgehead atoms. The largest absolute Gasteiger partial charge is 0.327 e. The van der Waals surface area contributed by atoms with Crippen molar-refractivity contribution in [1.29, 1.82) is 5.26 Å². The van der Waals surface area contributed by atoms with Gasteiger partial charge in [-0.25, -0.2) is 0 Å². The second kappa shape index (κ2) is 6.56. The topological polar surface area (TPSA) is 87.2 Å². The van der Waals surface area contributed by atoms with Gasteiger partial charge in [-0.2, -0.15) is 5.26 Å². The Kier molecular flexibility index (Phi) is 4.76. The number of amides is 1. The maximum absolute atomic E-state index is 12.5. The van der Waals surface area contributed by atoms with Gasteiger partial charge in [-0.15, -0.1) is 0 Å². The van der Waals surface area contributed by atoms with Crippen molar-refractivity contribution in [2.75, 3.05) is 7.05 Å². The van der Waals surface area contributed by atoms with Gasteiger partial charge in [0.15, 0.2) is 0 Å². The number of rotatable bonds is 4. The molecule has 0 aliphatic heterocycles. The number of carbonyl (C=O) groups is 1. The van der Waals surface area contributed by atoms with Crippen LogP contribution >= 0.6 is 0 Å². The molecule has 2 rings (SSSR count). The third-order valence-corrected chi connectivity index (χ3v) is 4.43. The maximum atomic E-state index is 12.5. The lowest BCUT2D eigenvalue weighted by Crippen LogP contribution is -2.50. The molecular formula is C16H19N3O3. The van der Waals surface area contributed by atoms with Crippen LogP contribution in [-0.4, -0.2) is 28.3 Å². The van der Waals surface area contributed by atoms with E-state index in [1.54, 1.807) is 25.2 Å². The van der Waals surface area contributed by atoms with Crippen molar-refractivity contribution < 1.29 is 9.72 Å². The molecular weight excluding hydrogens is 282 g/mol. The Morgan fingerprint density at radius 1 is 1.36 bits per heavy atom. The van der Waals surface area contributed by atoms with Crippen molar-refractivity contribution in [3.63, 3.8) is 0 Å². The summed E-state index contributed by atoms with van der Waals surface area (Å²) < 4.78 is 0. The van der Waals surface area contributed by atoms with E-state index in [-0.39, 0.29) is 18.0 Å². The van der Waals surface area contributed by atoms with Gasteiger partial charge in [-0.05, 0) is 12.8 Å². The molecule has 0 heterocycles. The standard InChI is InChI=1S/C16H19N3O3/c1-18(16(12-17)9-5-2-6-10-16)15(20)11-13-7-3-4-8-14(13)19(21)22/h3-4,7-8H,2,5-6,9-11H2,1H3. The first-order valence-corrected chi connectivity index (χ1v) is 7.40. The first-order valence-electron chi connectivity index (χ1n) is 7.40. The minimum absolute atomic E-state index is 0.0566. The van der Waals surface area contributed by atoms with Gasteiger partial charge in [0.05, 0.1) is 17.4 Å². The average molecular weight is 301 g/mol. The molecule has 0 spiro atoms. The van der Waals surface area contributed by atoms with E-state index in [0.717, 1.165) is 19.3 Å². The van der Waals surface area contributed by atoms with Crippen LogP contribution in [0.5, 0.6) is 0 Å². The highest BCUT2D eigenvalue weighted by atomic mass is 16.6. The number of nitriles is 1. The summed E-state index contributed by atoms with van der Waals surface area (Å²) >= 11 is 0. The van der Waals surface area contributed by atoms with Crippen molar-refractivity contribution in [2.24, 2.45) is 0 Å². The number of likely N-dealkylation sites (N-methyl/N-ethyl adjacent to an activating group) is 1. The number of para-hydroxylation sites is 1. The lowest BCUT2D eigenvalue weighted by Gasteiger charge is -2.39. The molecule has 0 atom stereocenters. The molecule has 1 aliphatic carbocycles. The summed E-state index contributed by atoms with van der Waals surface area (Å²) in [5.74, 6) is -0.252. The highest BCUT2D eigenvalue weighted by molar-refractivity contribution is 5.81. The molecule has 1 aliphatic rings. The monoisotopic (exact) mass is 301 g/mol. The van der Waals surface area contributed by atoms with Gasteiger partial charge < -0.3 is 4.90 Å². The van der Waals surface area contributed by atoms with Gasteiger partial charge in [0.1, 0.15) is 5.54 Å². The number of nitro groups is 1. The van der Waals surface area contributed by atoms with Crippen LogP contribution < -0.4 is 0 Å². The van der Waals surface area contributed by atoms with Crippen LogP contribution in [-0.2, 0) is 11.2 Å². The highest BCUT2D eigenvalue weighted by Crippen LogP contribution is 2.33. The van der Waals surface area contributed by atoms with E-state index in [1.807, 2.05) is 0 Å². The van der Waals surface area contributed by atoms with E-state index < -0.39 is 10.5 Å². The van der Waals surface area contributed by atoms with Crippen molar-refractivity contribution in [3.8, 4) is 6.07 Å². The van der Waals surface area contributed by atoms with E-state index >= 15 is 0 Å². The van der Waals surface area contributed by atoms with Crippen molar-refractivity contribution in [3.05, 3.63) is 39.9 Å². The minimum atomic E-state index is -0.765. The minimum Gasteiger partial charge on any atom is -0.327 e. The van der Waals surface area contributed by atoms with Gasteiger partial charge >= 0.3 is 0 Å². The Hall–Kier alpha value is -2.42. The zero-order valence-electron chi connectivity index (χ0n) is 12.6. The van der Waals surface area contributed by atoms with Gasteiger partial charge in [0.2, 0.25) is 5.91 Å². The van der Waals surface area contributed by atoms with Gasteiger partial charge in [-0.3, -0.25) is 14.9 Å². The van der Waals surface area contributed by atoms with Crippen LogP contribution in [0.25, 0.3) is 0 Å². The summed E-state index contributed by atoms with van der Waals surface area (Å²) in [6, 6.07) is 8.53. The third-order valence-electron chi connectivity index (χ3n) is 4.43. The Bertz CT molecular complexity index is 615. The normalized spacial score (nSPS) is 16.5. The van der Waals surface area contributed by atoms with Crippen molar-refractivity contribution in [2.45, 2.75) is 44.1 Å². The molecule has 0 aromatic heterocycles. The fraction of sp³-hybridized carbons (Fsp3) is 0.500. The van der Waals surface area contributed by atoms with Gasteiger partial charge in [-0.1, -0.05) is 37.5 Å². The summed E-state index contributed by atoms with van der Waals surface area (Å²) in [6.07, 6.45) is 4.21. The number of nitrogens with zero attached hydrogens (tertiary/aromatic N) is 3. The first-order chi connectivity index (χ1) is 10.5. The van der Waals surface area contributed by atoms with E-state index in [1.165, 1.54) is 11.0 Å². The smallest absolute Gasteiger partial charge is 0.273 e. The Morgan fingerprint density at radius 3 is 2.59 bits per heavy atom. The van der Waals surface area contributed by atoms with E-state index in [9.17, 15) is 20.2 Å². The summed E-state index contributed by atoms with van der Waals surface area (Å²) in [5, 5.41) is 20.5. The predicted molar refractivity (Wildman–Crippen MR) is 81.0 cm³/mol. The summed E-state index contributed by atoms with van der Waals surface area (Å²) in [4.78, 5) is 24.5. The Balaban J connectivity index is 2.18. The second-order valence-corrected chi connectivity index (χ2v) is 5.72. The first kappa shape index (κ1) is 16.0. The molecule has 0 unspecified atom stereocenters. The predicted octanol–water partition coefficient (Wildman–Crippen LogP) is 2.82. The molecule has 1 aromatic rings. The molecule has 116 valence electrons. The number of nitro benzene ring substituents is 1. The lowest BCUT2D eigenvalue weighted by molar-refractivity contribution is -0.385. The number of hydrogen-bond acceptors (Lipinski definition) is 4. The van der Waals surface area contributed by atoms with Gasteiger partial charge in [0, 0.05) is 18.7 Å². The fourth-order valence-corrected chi connectivity index (χ4v) is 3.02. The summed E-state index contributed by atoms with van der Waals surface area (Å²) in [6.45, 7) is 0. The number of hydrogen-bond donors (Lipinski definition) is 0. The quantitative estimate of drug-likeness (QED) is 0.632. The molecule has 0 N–H and O–H groups in total. The maximum Gasteiger partial charge on any atom is 0.273 e. The zero-order chi connectivity index (χ0) is 16.2. The molecule has 1 amide bonds. The molecule has 1 fully saturated rings. The molecule has 1 saturated carbocycles. The third kappa shape index (κ3) is 3.08. The van der Waals surface area contributed by atoms with Crippen molar-refractivity contribution in [1.82, 2.24) is 4.90 Å². The van der Waals surface area contributed by atoms with E-state index in [0.29, 0.717) is 18.4 Å². The van der Waals surface area contributed by atoms with Crippen LogP contribution in [0.3, 0.4) is 0 Å². The zero-order valence-corrected chi connectivity index (χ0v) is 12.6. The molecule has 6 heteroatoms. The van der Waals surface area contributed by atoms with Crippen LogP contribution in [0.2, 0.25) is 0 Å². The van der Waals surface area contributed by atoms with Crippen molar-refractivity contribution >= 4 is 11.6 Å². The van der Waals surface area contributed by atoms with E-state index in [4.69, 9.17) is 0 Å². The summed E-state index contributed by atoms with van der Waals surface area (Å²) in [7, 11) is 1.63. The Morgan fingerprint density at radius 2 is 2.00 bits per heavy atom. The molecule has 6 nitrogen and oxygen atoms in total. The molecule has 0 radical (unpaired) electrons. The van der Waals surface area contributed by atoms with Crippen LogP contribution in [0.4, 0.5) is 5.69 Å². The number of carbonyl (C=O) groups excluding carboxylic acids is 1. The Labute approximate surface area is 129 Å². The fourth-order valence-electron chi connectivity index (χ4n) is 3.02.